The Morgan fingerprint density at radius 2 is 1.52 bits per heavy atom. The summed E-state index contributed by atoms with van der Waals surface area (Å²) in [5.41, 5.74) is 4.35. The van der Waals surface area contributed by atoms with E-state index in [1.165, 1.54) is 36.4 Å². The van der Waals surface area contributed by atoms with Crippen LogP contribution in [0, 0.1) is 12.8 Å². The molecule has 1 amide bonds. The van der Waals surface area contributed by atoms with Gasteiger partial charge in [-0.05, 0) is 89.8 Å². The van der Waals surface area contributed by atoms with E-state index in [0.29, 0.717) is 27.8 Å². The normalized spacial score (nSPS) is 16.9. The Labute approximate surface area is 287 Å². The lowest BCUT2D eigenvalue weighted by Crippen LogP contribution is -2.17. The molecule has 46 heavy (non-hydrogen) atoms. The van der Waals surface area contributed by atoms with Crippen molar-refractivity contribution >= 4 is 81.1 Å². The van der Waals surface area contributed by atoms with E-state index in [4.69, 9.17) is 58.0 Å². The summed E-state index contributed by atoms with van der Waals surface area (Å²) in [5, 5.41) is 7.02. The van der Waals surface area contributed by atoms with Crippen molar-refractivity contribution in [2.45, 2.75) is 36.5 Å². The predicted molar refractivity (Wildman–Crippen MR) is 177 cm³/mol. The van der Waals surface area contributed by atoms with Crippen molar-refractivity contribution in [1.82, 2.24) is 0 Å². The van der Waals surface area contributed by atoms with Crippen molar-refractivity contribution in [3.05, 3.63) is 122 Å². The van der Waals surface area contributed by atoms with E-state index in [0.717, 1.165) is 22.4 Å². The number of ether oxygens (including phenoxy) is 1. The van der Waals surface area contributed by atoms with E-state index in [1.54, 1.807) is 30.3 Å². The second-order valence-electron chi connectivity index (χ2n) is 10.8. The molecule has 0 spiro atoms. The summed E-state index contributed by atoms with van der Waals surface area (Å²) < 4.78 is 39.7. The first-order chi connectivity index (χ1) is 21.6. The average molecular weight is 731 g/mol. The van der Waals surface area contributed by atoms with E-state index in [-0.39, 0.29) is 28.5 Å². The molecule has 0 aliphatic heterocycles. The Balaban J connectivity index is 1.21. The molecule has 13 heteroatoms. The molecular formula is C33H24Cl5F3N2O3. The van der Waals surface area contributed by atoms with Crippen molar-refractivity contribution in [2.24, 2.45) is 5.92 Å². The number of rotatable bonds is 10. The van der Waals surface area contributed by atoms with Crippen LogP contribution in [0.5, 0.6) is 5.75 Å². The van der Waals surface area contributed by atoms with Crippen LogP contribution in [0.4, 0.5) is 24.5 Å². The fourth-order valence-corrected chi connectivity index (χ4v) is 6.74. The Kier molecular flexibility index (Phi) is 10.1. The van der Waals surface area contributed by atoms with E-state index < -0.39 is 28.4 Å². The van der Waals surface area contributed by atoms with Gasteiger partial charge < -0.3 is 15.4 Å². The zero-order valence-electron chi connectivity index (χ0n) is 23.8. The minimum Gasteiger partial charge on any atom is -0.406 e. The van der Waals surface area contributed by atoms with Crippen molar-refractivity contribution in [1.29, 1.82) is 0 Å². The van der Waals surface area contributed by atoms with E-state index >= 15 is 0 Å². The maximum atomic E-state index is 13.3. The lowest BCUT2D eigenvalue weighted by atomic mass is 9.98. The summed E-state index contributed by atoms with van der Waals surface area (Å²) in [5.74, 6) is -2.29. The molecule has 1 saturated carbocycles. The van der Waals surface area contributed by atoms with E-state index in [9.17, 15) is 22.8 Å². The van der Waals surface area contributed by atoms with Gasteiger partial charge in [0.15, 0.2) is 5.78 Å². The summed E-state index contributed by atoms with van der Waals surface area (Å²) in [4.78, 5) is 26.5. The topological polar surface area (TPSA) is 67.4 Å². The lowest BCUT2D eigenvalue weighted by Gasteiger charge is -2.13. The second-order valence-corrected chi connectivity index (χ2v) is 13.5. The van der Waals surface area contributed by atoms with Gasteiger partial charge in [-0.2, -0.15) is 0 Å². The third-order valence-corrected chi connectivity index (χ3v) is 9.17. The van der Waals surface area contributed by atoms with Gasteiger partial charge in [0.25, 0.3) is 0 Å². The number of hydrogen-bond acceptors (Lipinski definition) is 4. The molecule has 5 nitrogen and oxygen atoms in total. The number of hydrogen-bond donors (Lipinski definition) is 2. The zero-order chi connectivity index (χ0) is 33.4. The largest absolute Gasteiger partial charge is 0.573 e. The number of aryl methyl sites for hydroxylation is 1. The average Bonchev–Trinajstić information content (AvgIpc) is 3.55. The minimum absolute atomic E-state index is 0.0522. The van der Waals surface area contributed by atoms with E-state index in [2.05, 4.69) is 15.4 Å². The number of benzene rings is 4. The van der Waals surface area contributed by atoms with Crippen molar-refractivity contribution in [3.8, 4) is 5.75 Å². The molecule has 240 valence electrons. The lowest BCUT2D eigenvalue weighted by molar-refractivity contribution is -0.274. The Morgan fingerprint density at radius 1 is 0.870 bits per heavy atom. The number of carbonyl (C=O) groups is 2. The zero-order valence-corrected chi connectivity index (χ0v) is 27.6. The highest BCUT2D eigenvalue weighted by Crippen LogP contribution is 2.65. The Bertz CT molecular complexity index is 1780. The minimum atomic E-state index is -4.75. The first-order valence-electron chi connectivity index (χ1n) is 13.8. The summed E-state index contributed by atoms with van der Waals surface area (Å²) >= 11 is 31.6. The van der Waals surface area contributed by atoms with Crippen LogP contribution in [0.25, 0.3) is 0 Å². The summed E-state index contributed by atoms with van der Waals surface area (Å²) in [7, 11) is 0. The van der Waals surface area contributed by atoms with Crippen LogP contribution in [0.1, 0.15) is 38.5 Å². The number of nitrogens with one attached hydrogen (secondary N) is 2. The molecule has 2 N–H and O–H groups in total. The third-order valence-electron chi connectivity index (χ3n) is 7.46. The second kappa shape index (κ2) is 13.5. The number of Topliss-reactive ketones (excluding diaryl/α,β-unsaturated/α-hetero) is 1. The van der Waals surface area contributed by atoms with Crippen LogP contribution >= 0.6 is 58.0 Å². The SMILES string of the molecule is Cc1cc(NCc2ccc(OC(F)(F)F)cc2)ccc1CC(=O)c1cc(NC(=O)C2C(c3cc(Cl)cc(Cl)c3)C2(Cl)Cl)ccc1Cl. The molecule has 1 fully saturated rings. The van der Waals surface area contributed by atoms with Crippen molar-refractivity contribution in [3.63, 3.8) is 0 Å². The molecular weight excluding hydrogens is 707 g/mol. The maximum Gasteiger partial charge on any atom is 0.573 e. The van der Waals surface area contributed by atoms with Gasteiger partial charge in [-0.25, -0.2) is 0 Å². The molecule has 0 aromatic heterocycles. The van der Waals surface area contributed by atoms with Gasteiger partial charge in [0, 0.05) is 45.9 Å². The van der Waals surface area contributed by atoms with Gasteiger partial charge in [-0.15, -0.1) is 36.4 Å². The van der Waals surface area contributed by atoms with Crippen LogP contribution in [0.15, 0.2) is 78.9 Å². The number of ketones is 1. The van der Waals surface area contributed by atoms with Gasteiger partial charge >= 0.3 is 6.36 Å². The molecule has 2 atom stereocenters. The number of alkyl halides is 5. The van der Waals surface area contributed by atoms with Crippen molar-refractivity contribution < 1.29 is 27.5 Å². The highest BCUT2D eigenvalue weighted by atomic mass is 35.5. The van der Waals surface area contributed by atoms with Gasteiger partial charge in [0.2, 0.25) is 5.91 Å². The Hall–Kier alpha value is -3.14. The van der Waals surface area contributed by atoms with Crippen molar-refractivity contribution in [2.75, 3.05) is 10.6 Å². The van der Waals surface area contributed by atoms with Crippen LogP contribution in [0.3, 0.4) is 0 Å². The molecule has 1 aliphatic rings. The van der Waals surface area contributed by atoms with Gasteiger partial charge in [-0.1, -0.05) is 53.0 Å². The number of carbonyl (C=O) groups excluding carboxylic acids is 2. The molecule has 0 bridgehead atoms. The molecule has 0 saturated heterocycles. The van der Waals surface area contributed by atoms with Gasteiger partial charge in [0.05, 0.1) is 10.9 Å². The first kappa shape index (κ1) is 34.2. The first-order valence-corrected chi connectivity index (χ1v) is 15.6. The monoisotopic (exact) mass is 728 g/mol. The molecule has 0 heterocycles. The summed E-state index contributed by atoms with van der Waals surface area (Å²) in [6.07, 6.45) is -4.70. The third kappa shape index (κ3) is 8.22. The smallest absolute Gasteiger partial charge is 0.406 e. The molecule has 4 aromatic rings. The fourth-order valence-electron chi connectivity index (χ4n) is 5.14. The standard InChI is InChI=1S/C33H24Cl5F3N2O3/c1-17-10-23(42-16-18-2-7-25(8-3-18)46-33(39,40)41)5-4-19(17)13-28(44)26-15-24(6-9-27(26)36)43-31(45)30-29(32(30,37)38)20-11-21(34)14-22(35)12-20/h2-12,14-15,29-30,42H,13,16H2,1H3,(H,43,45). The summed E-state index contributed by atoms with van der Waals surface area (Å²) in [6.45, 7) is 2.22. The fraction of sp³-hybridized carbons (Fsp3) is 0.212. The number of anilines is 2. The maximum absolute atomic E-state index is 13.3. The number of amides is 1. The molecule has 4 aromatic carbocycles. The Morgan fingerprint density at radius 3 is 2.15 bits per heavy atom. The van der Waals surface area contributed by atoms with Gasteiger partial charge in [0.1, 0.15) is 10.1 Å². The molecule has 2 unspecified atom stereocenters. The van der Waals surface area contributed by atoms with Crippen LogP contribution in [0.2, 0.25) is 15.1 Å². The van der Waals surface area contributed by atoms with Crippen LogP contribution < -0.4 is 15.4 Å². The van der Waals surface area contributed by atoms with Crippen LogP contribution in [-0.2, 0) is 17.8 Å². The predicted octanol–water partition coefficient (Wildman–Crippen LogP) is 10.4. The molecule has 1 aliphatic carbocycles. The van der Waals surface area contributed by atoms with Gasteiger partial charge in [-0.3, -0.25) is 9.59 Å². The quantitative estimate of drug-likeness (QED) is 0.126. The molecule has 0 radical (unpaired) electrons. The summed E-state index contributed by atoms with van der Waals surface area (Å²) in [6, 6.07) is 20.6. The highest BCUT2D eigenvalue weighted by molar-refractivity contribution is 6.53. The molecule has 5 rings (SSSR count). The highest BCUT2D eigenvalue weighted by Gasteiger charge is 2.67. The van der Waals surface area contributed by atoms with Crippen LogP contribution in [-0.4, -0.2) is 22.4 Å². The number of halogens is 8. The van der Waals surface area contributed by atoms with E-state index in [1.807, 2.05) is 19.1 Å².